The third-order valence-corrected chi connectivity index (χ3v) is 6.54. The van der Waals surface area contributed by atoms with Crippen molar-refractivity contribution < 1.29 is 9.90 Å². The van der Waals surface area contributed by atoms with E-state index in [1.807, 2.05) is 13.0 Å². The highest BCUT2D eigenvalue weighted by molar-refractivity contribution is 7.18. The van der Waals surface area contributed by atoms with Gasteiger partial charge in [-0.1, -0.05) is 31.2 Å². The molecule has 1 amide bonds. The van der Waals surface area contributed by atoms with Gasteiger partial charge in [0.25, 0.3) is 0 Å². The Balaban J connectivity index is 1.71. The highest BCUT2D eigenvalue weighted by Gasteiger charge is 2.44. The molecule has 4 nitrogen and oxygen atoms in total. The zero-order valence-corrected chi connectivity index (χ0v) is 15.7. The van der Waals surface area contributed by atoms with Crippen LogP contribution in [0.25, 0.3) is 21.3 Å². The maximum Gasteiger partial charge on any atom is 0.221 e. The summed E-state index contributed by atoms with van der Waals surface area (Å²) >= 11 is 1.66. The number of fused-ring (bicyclic) bond motifs is 1. The summed E-state index contributed by atoms with van der Waals surface area (Å²) in [6.07, 6.45) is 0.822. The Morgan fingerprint density at radius 1 is 1.38 bits per heavy atom. The molecule has 0 spiro atoms. The van der Waals surface area contributed by atoms with Crippen LogP contribution in [-0.2, 0) is 4.79 Å². The molecule has 0 saturated heterocycles. The van der Waals surface area contributed by atoms with Crippen molar-refractivity contribution in [1.82, 2.24) is 4.98 Å². The molecule has 1 saturated carbocycles. The molecule has 1 fully saturated rings. The van der Waals surface area contributed by atoms with Gasteiger partial charge in [0.05, 0.1) is 15.2 Å². The Labute approximate surface area is 156 Å². The standard InChI is InChI=1S/C21H22N2O2S/c1-11(10-24)14-4-3-5-15(12(14)2)13-6-7-19-18(8-13)23-21(26-19)17-9-16(17)20(22)25/h3-8,11,16-17,24H,9-10H2,1-2H3,(H2,22,25). The smallest absolute Gasteiger partial charge is 0.221 e. The highest BCUT2D eigenvalue weighted by Crippen LogP contribution is 2.49. The first kappa shape index (κ1) is 17.2. The van der Waals surface area contributed by atoms with Crippen LogP contribution in [0.2, 0.25) is 0 Å². The highest BCUT2D eigenvalue weighted by atomic mass is 32.1. The minimum atomic E-state index is -0.222. The van der Waals surface area contributed by atoms with Gasteiger partial charge in [-0.15, -0.1) is 11.3 Å². The molecule has 1 heterocycles. The number of carbonyl (C=O) groups is 1. The quantitative estimate of drug-likeness (QED) is 0.718. The number of primary amides is 1. The number of thiazole rings is 1. The molecule has 1 aromatic heterocycles. The van der Waals surface area contributed by atoms with Crippen LogP contribution in [-0.4, -0.2) is 22.6 Å². The second-order valence-corrected chi connectivity index (χ2v) is 8.25. The fourth-order valence-corrected chi connectivity index (χ4v) is 4.78. The molecular weight excluding hydrogens is 344 g/mol. The van der Waals surface area contributed by atoms with Crippen molar-refractivity contribution in [3.05, 3.63) is 52.5 Å². The number of nitrogens with zero attached hydrogens (tertiary/aromatic N) is 1. The van der Waals surface area contributed by atoms with Crippen LogP contribution in [0.4, 0.5) is 0 Å². The van der Waals surface area contributed by atoms with Gasteiger partial charge in [0, 0.05) is 24.4 Å². The van der Waals surface area contributed by atoms with Crippen LogP contribution in [0, 0.1) is 12.8 Å². The van der Waals surface area contributed by atoms with Gasteiger partial charge in [0.15, 0.2) is 0 Å². The summed E-state index contributed by atoms with van der Waals surface area (Å²) in [7, 11) is 0. The Hall–Kier alpha value is -2.24. The lowest BCUT2D eigenvalue weighted by molar-refractivity contribution is -0.119. The number of benzene rings is 2. The van der Waals surface area contributed by atoms with Crippen LogP contribution < -0.4 is 5.73 Å². The Kier molecular flexibility index (Phi) is 4.29. The minimum absolute atomic E-state index is 0.0473. The van der Waals surface area contributed by atoms with E-state index >= 15 is 0 Å². The Morgan fingerprint density at radius 3 is 2.88 bits per heavy atom. The number of aliphatic hydroxyl groups is 1. The third kappa shape index (κ3) is 2.91. The van der Waals surface area contributed by atoms with Gasteiger partial charge in [0.1, 0.15) is 0 Å². The molecule has 1 aliphatic carbocycles. The number of rotatable bonds is 5. The lowest BCUT2D eigenvalue weighted by Crippen LogP contribution is -2.13. The molecule has 4 rings (SSSR count). The number of nitrogens with two attached hydrogens (primary N) is 1. The van der Waals surface area contributed by atoms with Gasteiger partial charge in [0.2, 0.25) is 5.91 Å². The average Bonchev–Trinajstić information content (AvgIpc) is 3.34. The average molecular weight is 366 g/mol. The molecule has 5 heteroatoms. The number of aliphatic hydroxyl groups excluding tert-OH is 1. The van der Waals surface area contributed by atoms with Crippen molar-refractivity contribution in [3.63, 3.8) is 0 Å². The van der Waals surface area contributed by atoms with E-state index in [1.54, 1.807) is 11.3 Å². The first-order valence-corrected chi connectivity index (χ1v) is 9.71. The molecule has 1 aliphatic rings. The summed E-state index contributed by atoms with van der Waals surface area (Å²) in [5.74, 6) is 0.0447. The van der Waals surface area contributed by atoms with Gasteiger partial charge in [-0.25, -0.2) is 4.98 Å². The molecule has 3 unspecified atom stereocenters. The molecule has 3 aromatic rings. The normalized spacial score (nSPS) is 20.3. The summed E-state index contributed by atoms with van der Waals surface area (Å²) in [5.41, 5.74) is 11.0. The fraction of sp³-hybridized carbons (Fsp3) is 0.333. The van der Waals surface area contributed by atoms with Gasteiger partial charge >= 0.3 is 0 Å². The molecule has 0 bridgehead atoms. The summed E-state index contributed by atoms with van der Waals surface area (Å²) in [5, 5.41) is 10.5. The molecule has 0 aliphatic heterocycles. The summed E-state index contributed by atoms with van der Waals surface area (Å²) in [6.45, 7) is 4.28. The van der Waals surface area contributed by atoms with E-state index in [2.05, 4.69) is 37.3 Å². The van der Waals surface area contributed by atoms with Crippen LogP contribution in [0.3, 0.4) is 0 Å². The lowest BCUT2D eigenvalue weighted by atomic mass is 9.90. The lowest BCUT2D eigenvalue weighted by Gasteiger charge is -2.15. The topological polar surface area (TPSA) is 76.2 Å². The van der Waals surface area contributed by atoms with Gasteiger partial charge < -0.3 is 10.8 Å². The maximum atomic E-state index is 11.3. The Morgan fingerprint density at radius 2 is 2.19 bits per heavy atom. The van der Waals surface area contributed by atoms with Crippen molar-refractivity contribution >= 4 is 27.5 Å². The van der Waals surface area contributed by atoms with E-state index in [9.17, 15) is 9.90 Å². The number of amides is 1. The first-order valence-electron chi connectivity index (χ1n) is 8.90. The maximum absolute atomic E-state index is 11.3. The van der Waals surface area contributed by atoms with Gasteiger partial charge in [-0.3, -0.25) is 4.79 Å². The summed E-state index contributed by atoms with van der Waals surface area (Å²) < 4.78 is 1.14. The largest absolute Gasteiger partial charge is 0.396 e. The third-order valence-electron chi connectivity index (χ3n) is 5.37. The predicted molar refractivity (Wildman–Crippen MR) is 105 cm³/mol. The van der Waals surface area contributed by atoms with E-state index in [4.69, 9.17) is 10.7 Å². The molecule has 3 N–H and O–H groups in total. The van der Waals surface area contributed by atoms with E-state index in [1.165, 1.54) is 16.7 Å². The van der Waals surface area contributed by atoms with Gasteiger partial charge in [-0.2, -0.15) is 0 Å². The van der Waals surface area contributed by atoms with E-state index in [0.717, 1.165) is 27.2 Å². The van der Waals surface area contributed by atoms with E-state index in [0.29, 0.717) is 0 Å². The number of aromatic nitrogens is 1. The van der Waals surface area contributed by atoms with Gasteiger partial charge in [-0.05, 0) is 47.7 Å². The van der Waals surface area contributed by atoms with Crippen molar-refractivity contribution in [2.24, 2.45) is 11.7 Å². The predicted octanol–water partition coefficient (Wildman–Crippen LogP) is 3.96. The number of hydrogen-bond donors (Lipinski definition) is 2. The fourth-order valence-electron chi connectivity index (χ4n) is 3.65. The molecular formula is C21H22N2O2S. The van der Waals surface area contributed by atoms with Crippen molar-refractivity contribution in [3.8, 4) is 11.1 Å². The second kappa shape index (κ2) is 6.49. The molecule has 0 radical (unpaired) electrons. The van der Waals surface area contributed by atoms with Crippen LogP contribution in [0.15, 0.2) is 36.4 Å². The van der Waals surface area contributed by atoms with Crippen LogP contribution >= 0.6 is 11.3 Å². The molecule has 134 valence electrons. The molecule has 26 heavy (non-hydrogen) atoms. The second-order valence-electron chi connectivity index (χ2n) is 7.19. The van der Waals surface area contributed by atoms with Crippen molar-refractivity contribution in [2.75, 3.05) is 6.61 Å². The van der Waals surface area contributed by atoms with E-state index in [-0.39, 0.29) is 30.3 Å². The zero-order chi connectivity index (χ0) is 18.4. The van der Waals surface area contributed by atoms with E-state index < -0.39 is 0 Å². The zero-order valence-electron chi connectivity index (χ0n) is 14.9. The number of hydrogen-bond acceptors (Lipinski definition) is 4. The van der Waals surface area contributed by atoms with Crippen LogP contribution in [0.1, 0.15) is 41.3 Å². The summed E-state index contributed by atoms with van der Waals surface area (Å²) in [4.78, 5) is 16.1. The SMILES string of the molecule is Cc1c(-c2ccc3sc(C4CC4C(N)=O)nc3c2)cccc1C(C)CO. The molecule has 3 atom stereocenters. The monoisotopic (exact) mass is 366 g/mol. The minimum Gasteiger partial charge on any atom is -0.396 e. The Bertz CT molecular complexity index is 995. The summed E-state index contributed by atoms with van der Waals surface area (Å²) in [6, 6.07) is 12.6. The van der Waals surface area contributed by atoms with Crippen molar-refractivity contribution in [1.29, 1.82) is 0 Å². The van der Waals surface area contributed by atoms with Crippen molar-refractivity contribution in [2.45, 2.75) is 32.1 Å². The first-order chi connectivity index (χ1) is 12.5. The molecule has 2 aromatic carbocycles. The number of carbonyl (C=O) groups excluding carboxylic acids is 1. The van der Waals surface area contributed by atoms with Crippen LogP contribution in [0.5, 0.6) is 0 Å².